The van der Waals surface area contributed by atoms with Gasteiger partial charge in [-0.3, -0.25) is 0 Å². The summed E-state index contributed by atoms with van der Waals surface area (Å²) in [6, 6.07) is 7.99. The van der Waals surface area contributed by atoms with Crippen LogP contribution in [0.2, 0.25) is 0 Å². The van der Waals surface area contributed by atoms with Crippen LogP contribution >= 0.6 is 0 Å². The zero-order valence-corrected chi connectivity index (χ0v) is 17.9. The minimum Gasteiger partial charge on any atom is -0.382 e. The van der Waals surface area contributed by atoms with Gasteiger partial charge in [-0.15, -0.1) is 0 Å². The molecule has 164 valence electrons. The molecule has 2 N–H and O–H groups in total. The third kappa shape index (κ3) is 6.71. The summed E-state index contributed by atoms with van der Waals surface area (Å²) in [6.07, 6.45) is 2.43. The van der Waals surface area contributed by atoms with Crippen LogP contribution in [0, 0.1) is 0 Å². The number of hydrogen-bond acceptors (Lipinski definition) is 3. The molecule has 1 aliphatic rings. The SMILES string of the molecule is C=CN(CCC)C1=C(c2ccccc2C(C)NC(=C)CCCC(F)(F)F)C=CCN1. The molecule has 1 aromatic rings. The average Bonchev–Trinajstić information content (AvgIpc) is 2.71. The zero-order chi connectivity index (χ0) is 22.1. The van der Waals surface area contributed by atoms with Gasteiger partial charge in [0.1, 0.15) is 5.82 Å². The van der Waals surface area contributed by atoms with E-state index in [1.165, 1.54) is 0 Å². The van der Waals surface area contributed by atoms with Crippen molar-refractivity contribution < 1.29 is 13.2 Å². The van der Waals surface area contributed by atoms with E-state index in [4.69, 9.17) is 0 Å². The largest absolute Gasteiger partial charge is 0.389 e. The number of halogens is 3. The molecule has 3 nitrogen and oxygen atoms in total. The maximum atomic E-state index is 12.4. The molecule has 0 aromatic heterocycles. The van der Waals surface area contributed by atoms with Gasteiger partial charge in [-0.2, -0.15) is 13.2 Å². The summed E-state index contributed by atoms with van der Waals surface area (Å²) in [6.45, 7) is 13.6. The van der Waals surface area contributed by atoms with Gasteiger partial charge >= 0.3 is 6.18 Å². The zero-order valence-electron chi connectivity index (χ0n) is 17.9. The van der Waals surface area contributed by atoms with Gasteiger partial charge in [-0.05, 0) is 43.5 Å². The molecule has 0 amide bonds. The summed E-state index contributed by atoms with van der Waals surface area (Å²) in [5.74, 6) is 1.01. The highest BCUT2D eigenvalue weighted by Crippen LogP contribution is 2.31. The van der Waals surface area contributed by atoms with E-state index in [0.29, 0.717) is 12.1 Å². The molecule has 1 aliphatic heterocycles. The first-order valence-corrected chi connectivity index (χ1v) is 10.4. The standard InChI is InChI=1S/C24H32F3N3/c1-5-17-30(6-2)23-22(14-10-16-28-23)21-13-8-7-12-20(21)19(4)29-18(3)11-9-15-24(25,26)27/h6-8,10,12-14,19,28-29H,2-3,5,9,11,15-17H2,1,4H3. The molecule has 2 rings (SSSR count). The third-order valence-corrected chi connectivity index (χ3v) is 4.98. The van der Waals surface area contributed by atoms with Crippen molar-refractivity contribution >= 4 is 5.57 Å². The van der Waals surface area contributed by atoms with E-state index in [-0.39, 0.29) is 12.5 Å². The second-order valence-corrected chi connectivity index (χ2v) is 7.45. The van der Waals surface area contributed by atoms with E-state index in [9.17, 15) is 13.2 Å². The molecule has 1 heterocycles. The highest BCUT2D eigenvalue weighted by Gasteiger charge is 2.26. The summed E-state index contributed by atoms with van der Waals surface area (Å²) in [4.78, 5) is 2.11. The van der Waals surface area contributed by atoms with Crippen LogP contribution in [0.25, 0.3) is 5.57 Å². The lowest BCUT2D eigenvalue weighted by atomic mass is 9.93. The number of hydrogen-bond donors (Lipinski definition) is 2. The van der Waals surface area contributed by atoms with E-state index in [1.807, 2.05) is 31.3 Å². The van der Waals surface area contributed by atoms with Crippen molar-refractivity contribution in [3.63, 3.8) is 0 Å². The van der Waals surface area contributed by atoms with Crippen LogP contribution in [0.1, 0.15) is 56.7 Å². The summed E-state index contributed by atoms with van der Waals surface area (Å²) in [7, 11) is 0. The third-order valence-electron chi connectivity index (χ3n) is 4.98. The van der Waals surface area contributed by atoms with Crippen molar-refractivity contribution in [2.45, 2.75) is 51.7 Å². The second-order valence-electron chi connectivity index (χ2n) is 7.45. The Morgan fingerprint density at radius 3 is 2.73 bits per heavy atom. The van der Waals surface area contributed by atoms with Crippen molar-refractivity contribution in [1.82, 2.24) is 15.5 Å². The number of alkyl halides is 3. The van der Waals surface area contributed by atoms with Crippen molar-refractivity contribution in [3.8, 4) is 0 Å². The quantitative estimate of drug-likeness (QED) is 0.443. The topological polar surface area (TPSA) is 27.3 Å². The van der Waals surface area contributed by atoms with Crippen molar-refractivity contribution in [1.29, 1.82) is 0 Å². The van der Waals surface area contributed by atoms with E-state index in [0.717, 1.165) is 42.0 Å². The number of allylic oxidation sites excluding steroid dienone is 3. The van der Waals surface area contributed by atoms with Gasteiger partial charge in [0.2, 0.25) is 0 Å². The monoisotopic (exact) mass is 419 g/mol. The van der Waals surface area contributed by atoms with E-state index in [1.54, 1.807) is 0 Å². The van der Waals surface area contributed by atoms with Crippen LogP contribution in [0.4, 0.5) is 13.2 Å². The first kappa shape index (κ1) is 23.6. The molecular weight excluding hydrogens is 387 g/mol. The molecule has 1 atom stereocenters. The number of rotatable bonds is 11. The van der Waals surface area contributed by atoms with Gasteiger partial charge < -0.3 is 15.5 Å². The first-order chi connectivity index (χ1) is 14.3. The van der Waals surface area contributed by atoms with Gasteiger partial charge in [-0.25, -0.2) is 0 Å². The van der Waals surface area contributed by atoms with Gasteiger partial charge in [0, 0.05) is 36.8 Å². The highest BCUT2D eigenvalue weighted by atomic mass is 19.4. The minimum atomic E-state index is -4.13. The molecule has 0 saturated heterocycles. The minimum absolute atomic E-state index is 0.0387. The number of dihydropyridines is 1. The molecule has 30 heavy (non-hydrogen) atoms. The Kier molecular flexibility index (Phi) is 8.63. The van der Waals surface area contributed by atoms with Gasteiger partial charge in [0.25, 0.3) is 0 Å². The fraction of sp³-hybridized carbons (Fsp3) is 0.417. The van der Waals surface area contributed by atoms with Gasteiger partial charge in [-0.1, -0.05) is 56.5 Å². The Balaban J connectivity index is 2.23. The Hall–Kier alpha value is -2.63. The van der Waals surface area contributed by atoms with E-state index < -0.39 is 12.6 Å². The van der Waals surface area contributed by atoms with Crippen LogP contribution in [0.15, 0.2) is 67.3 Å². The van der Waals surface area contributed by atoms with Crippen LogP contribution < -0.4 is 10.6 Å². The van der Waals surface area contributed by atoms with E-state index in [2.05, 4.69) is 53.8 Å². The van der Waals surface area contributed by atoms with Crippen LogP contribution in [0.5, 0.6) is 0 Å². The lowest BCUT2D eigenvalue weighted by Crippen LogP contribution is -2.31. The number of nitrogens with zero attached hydrogens (tertiary/aromatic N) is 1. The molecule has 0 fully saturated rings. The summed E-state index contributed by atoms with van der Waals surface area (Å²) >= 11 is 0. The predicted molar refractivity (Wildman–Crippen MR) is 118 cm³/mol. The molecule has 0 spiro atoms. The Morgan fingerprint density at radius 1 is 1.33 bits per heavy atom. The smallest absolute Gasteiger partial charge is 0.382 e. The fourth-order valence-corrected chi connectivity index (χ4v) is 3.59. The normalized spacial score (nSPS) is 14.8. The second kappa shape index (κ2) is 11.0. The average molecular weight is 420 g/mol. The Labute approximate surface area is 178 Å². The van der Waals surface area contributed by atoms with Crippen LogP contribution in [0.3, 0.4) is 0 Å². The summed E-state index contributed by atoms with van der Waals surface area (Å²) in [5, 5.41) is 6.74. The van der Waals surface area contributed by atoms with E-state index >= 15 is 0 Å². The first-order valence-electron chi connectivity index (χ1n) is 10.4. The van der Waals surface area contributed by atoms with Gasteiger partial charge in [0.15, 0.2) is 0 Å². The maximum absolute atomic E-state index is 12.4. The molecular formula is C24H32F3N3. The number of benzene rings is 1. The molecule has 1 aromatic carbocycles. The molecule has 1 unspecified atom stereocenters. The Morgan fingerprint density at radius 2 is 2.07 bits per heavy atom. The van der Waals surface area contributed by atoms with Crippen molar-refractivity contribution in [2.24, 2.45) is 0 Å². The molecule has 0 saturated carbocycles. The van der Waals surface area contributed by atoms with Crippen LogP contribution in [-0.2, 0) is 0 Å². The van der Waals surface area contributed by atoms with Gasteiger partial charge in [0.05, 0.1) is 0 Å². The van der Waals surface area contributed by atoms with Crippen LogP contribution in [-0.4, -0.2) is 24.2 Å². The molecule has 0 radical (unpaired) electrons. The summed E-state index contributed by atoms with van der Waals surface area (Å²) in [5.41, 5.74) is 3.83. The molecule has 0 aliphatic carbocycles. The molecule has 6 heteroatoms. The van der Waals surface area contributed by atoms with Crippen molar-refractivity contribution in [2.75, 3.05) is 13.1 Å². The number of nitrogens with one attached hydrogen (secondary N) is 2. The highest BCUT2D eigenvalue weighted by molar-refractivity contribution is 5.79. The molecule has 0 bridgehead atoms. The predicted octanol–water partition coefficient (Wildman–Crippen LogP) is 6.27. The summed E-state index contributed by atoms with van der Waals surface area (Å²) < 4.78 is 37.2. The Bertz CT molecular complexity index is 793. The van der Waals surface area contributed by atoms with Crippen molar-refractivity contribution in [3.05, 3.63) is 78.4 Å². The lowest BCUT2D eigenvalue weighted by Gasteiger charge is -2.30. The lowest BCUT2D eigenvalue weighted by molar-refractivity contribution is -0.135. The maximum Gasteiger partial charge on any atom is 0.389 e. The fourth-order valence-electron chi connectivity index (χ4n) is 3.59.